The largest absolute Gasteiger partial charge is 0.481 e. The van der Waals surface area contributed by atoms with Crippen molar-refractivity contribution in [3.63, 3.8) is 0 Å². The van der Waals surface area contributed by atoms with Gasteiger partial charge in [0.1, 0.15) is 0 Å². The third-order valence-electron chi connectivity index (χ3n) is 4.39. The molecule has 0 aliphatic carbocycles. The van der Waals surface area contributed by atoms with E-state index in [0.717, 1.165) is 30.0 Å². The fourth-order valence-electron chi connectivity index (χ4n) is 3.04. The quantitative estimate of drug-likeness (QED) is 0.902. The molecule has 1 aliphatic rings. The van der Waals surface area contributed by atoms with Gasteiger partial charge in [0.15, 0.2) is 0 Å². The number of hydrogen-bond acceptors (Lipinski definition) is 3. The molecule has 5 nitrogen and oxygen atoms in total. The molecule has 0 bridgehead atoms. The van der Waals surface area contributed by atoms with Crippen molar-refractivity contribution in [3.8, 4) is 11.4 Å². The van der Waals surface area contributed by atoms with Gasteiger partial charge in [-0.2, -0.15) is 0 Å². The fraction of sp³-hybridized carbons (Fsp3) is 0.375. The van der Waals surface area contributed by atoms with Crippen LogP contribution < -0.4 is 5.32 Å². The smallest absolute Gasteiger partial charge is 0.314 e. The molecule has 0 amide bonds. The molecule has 1 fully saturated rings. The molecular weight excluding hydrogens is 266 g/mol. The molecule has 1 saturated heterocycles. The second-order valence-corrected chi connectivity index (χ2v) is 5.57. The van der Waals surface area contributed by atoms with Crippen molar-refractivity contribution in [2.45, 2.75) is 18.3 Å². The molecule has 110 valence electrons. The Morgan fingerprint density at radius 2 is 2.10 bits per heavy atom. The van der Waals surface area contributed by atoms with Gasteiger partial charge in [0, 0.05) is 19.4 Å². The summed E-state index contributed by atoms with van der Waals surface area (Å²) in [6.45, 7) is 1.46. The van der Waals surface area contributed by atoms with Gasteiger partial charge in [-0.15, -0.1) is 0 Å². The van der Waals surface area contributed by atoms with Gasteiger partial charge < -0.3 is 15.0 Å². The van der Waals surface area contributed by atoms with E-state index in [9.17, 15) is 9.90 Å². The van der Waals surface area contributed by atoms with Crippen LogP contribution in [0.5, 0.6) is 0 Å². The van der Waals surface area contributed by atoms with Crippen LogP contribution in [0.2, 0.25) is 0 Å². The highest BCUT2D eigenvalue weighted by Crippen LogP contribution is 2.34. The van der Waals surface area contributed by atoms with E-state index in [1.54, 1.807) is 6.20 Å². The Hall–Kier alpha value is -2.14. The summed E-state index contributed by atoms with van der Waals surface area (Å²) in [5, 5.41) is 12.9. The molecule has 0 radical (unpaired) electrons. The second-order valence-electron chi connectivity index (χ2n) is 5.57. The lowest BCUT2D eigenvalue weighted by atomic mass is 9.74. The molecule has 0 spiro atoms. The van der Waals surface area contributed by atoms with Crippen LogP contribution in [0.1, 0.15) is 18.4 Å². The minimum absolute atomic E-state index is 0.605. The zero-order valence-electron chi connectivity index (χ0n) is 12.0. The van der Waals surface area contributed by atoms with Crippen LogP contribution in [0, 0.1) is 0 Å². The van der Waals surface area contributed by atoms with Gasteiger partial charge in [0.2, 0.25) is 0 Å². The molecule has 2 N–H and O–H groups in total. The predicted molar refractivity (Wildman–Crippen MR) is 80.1 cm³/mol. The molecule has 3 heterocycles. The first-order chi connectivity index (χ1) is 10.1. The molecule has 0 unspecified atom stereocenters. The van der Waals surface area contributed by atoms with Crippen molar-refractivity contribution in [1.82, 2.24) is 14.9 Å². The monoisotopic (exact) mass is 285 g/mol. The van der Waals surface area contributed by atoms with E-state index in [2.05, 4.69) is 10.3 Å². The molecule has 3 rings (SSSR count). The number of nitrogens with zero attached hydrogens (tertiary/aromatic N) is 2. The number of carboxylic acids is 1. The van der Waals surface area contributed by atoms with Crippen LogP contribution >= 0.6 is 0 Å². The molecule has 0 saturated carbocycles. The van der Waals surface area contributed by atoms with Gasteiger partial charge in [0.25, 0.3) is 0 Å². The van der Waals surface area contributed by atoms with Crippen LogP contribution in [0.25, 0.3) is 11.4 Å². The first kappa shape index (κ1) is 13.8. The summed E-state index contributed by atoms with van der Waals surface area (Å²) in [7, 11) is 1.97. The Balaban J connectivity index is 1.96. The molecule has 0 aromatic carbocycles. The Morgan fingerprint density at radius 3 is 2.62 bits per heavy atom. The molecule has 21 heavy (non-hydrogen) atoms. The van der Waals surface area contributed by atoms with Gasteiger partial charge in [-0.1, -0.05) is 6.07 Å². The summed E-state index contributed by atoms with van der Waals surface area (Å²) in [5.41, 5.74) is 1.89. The lowest BCUT2D eigenvalue weighted by Gasteiger charge is -2.33. The zero-order valence-corrected chi connectivity index (χ0v) is 12.0. The summed E-state index contributed by atoms with van der Waals surface area (Å²) < 4.78 is 2.00. The topological polar surface area (TPSA) is 67.2 Å². The SMILES string of the molecule is Cn1cccc1-c1ccc(C2(C(=O)O)CCNCC2)cn1. The lowest BCUT2D eigenvalue weighted by Crippen LogP contribution is -2.45. The van der Waals surface area contributed by atoms with Crippen LogP contribution in [0.3, 0.4) is 0 Å². The molecule has 0 atom stereocenters. The summed E-state index contributed by atoms with van der Waals surface area (Å²) in [6, 6.07) is 7.79. The number of piperidine rings is 1. The van der Waals surface area contributed by atoms with E-state index in [0.29, 0.717) is 12.8 Å². The van der Waals surface area contributed by atoms with Crippen LogP contribution in [-0.2, 0) is 17.3 Å². The zero-order chi connectivity index (χ0) is 14.9. The third-order valence-corrected chi connectivity index (χ3v) is 4.39. The number of aliphatic carboxylic acids is 1. The molecular formula is C16H19N3O2. The number of pyridine rings is 1. The second kappa shape index (κ2) is 5.33. The fourth-order valence-corrected chi connectivity index (χ4v) is 3.04. The van der Waals surface area contributed by atoms with Crippen LogP contribution in [0.15, 0.2) is 36.7 Å². The number of carbonyl (C=O) groups is 1. The van der Waals surface area contributed by atoms with Crippen molar-refractivity contribution in [3.05, 3.63) is 42.2 Å². The standard InChI is InChI=1S/C16H19N3O2/c1-19-10-2-3-14(19)13-5-4-12(11-18-13)16(15(20)21)6-8-17-9-7-16/h2-5,10-11,17H,6-9H2,1H3,(H,20,21). The Morgan fingerprint density at radius 1 is 1.33 bits per heavy atom. The van der Waals surface area contributed by atoms with E-state index in [-0.39, 0.29) is 0 Å². The number of rotatable bonds is 3. The normalized spacial score (nSPS) is 17.6. The number of aryl methyl sites for hydroxylation is 1. The van der Waals surface area contributed by atoms with Crippen LogP contribution in [0.4, 0.5) is 0 Å². The van der Waals surface area contributed by atoms with Gasteiger partial charge in [-0.3, -0.25) is 9.78 Å². The van der Waals surface area contributed by atoms with Gasteiger partial charge in [-0.25, -0.2) is 0 Å². The predicted octanol–water partition coefficient (Wildman–Crippen LogP) is 1.79. The Kier molecular flexibility index (Phi) is 3.51. The first-order valence-electron chi connectivity index (χ1n) is 7.16. The minimum Gasteiger partial charge on any atom is -0.481 e. The summed E-state index contributed by atoms with van der Waals surface area (Å²) in [4.78, 5) is 16.3. The van der Waals surface area contributed by atoms with E-state index in [1.165, 1.54) is 0 Å². The highest BCUT2D eigenvalue weighted by molar-refractivity contribution is 5.81. The van der Waals surface area contributed by atoms with E-state index in [4.69, 9.17) is 0 Å². The maximum atomic E-state index is 11.8. The molecule has 2 aromatic rings. The Labute approximate surface area is 123 Å². The summed E-state index contributed by atoms with van der Waals surface area (Å²) in [5.74, 6) is -0.752. The molecule has 2 aromatic heterocycles. The summed E-state index contributed by atoms with van der Waals surface area (Å²) in [6.07, 6.45) is 4.90. The third kappa shape index (κ3) is 2.34. The number of hydrogen-bond donors (Lipinski definition) is 2. The number of carboxylic acid groups (broad SMARTS) is 1. The van der Waals surface area contributed by atoms with Gasteiger partial charge >= 0.3 is 5.97 Å². The van der Waals surface area contributed by atoms with Crippen molar-refractivity contribution in [2.24, 2.45) is 7.05 Å². The summed E-state index contributed by atoms with van der Waals surface area (Å²) >= 11 is 0. The maximum absolute atomic E-state index is 11.8. The highest BCUT2D eigenvalue weighted by atomic mass is 16.4. The lowest BCUT2D eigenvalue weighted by molar-refractivity contribution is -0.145. The minimum atomic E-state index is -0.801. The molecule has 1 aliphatic heterocycles. The van der Waals surface area contributed by atoms with Crippen molar-refractivity contribution in [1.29, 1.82) is 0 Å². The van der Waals surface area contributed by atoms with Crippen molar-refractivity contribution < 1.29 is 9.90 Å². The maximum Gasteiger partial charge on any atom is 0.314 e. The average Bonchev–Trinajstić information content (AvgIpc) is 2.94. The van der Waals surface area contributed by atoms with E-state index < -0.39 is 11.4 Å². The average molecular weight is 285 g/mol. The van der Waals surface area contributed by atoms with E-state index in [1.807, 2.05) is 42.1 Å². The highest BCUT2D eigenvalue weighted by Gasteiger charge is 2.41. The van der Waals surface area contributed by atoms with Gasteiger partial charge in [0.05, 0.1) is 16.8 Å². The van der Waals surface area contributed by atoms with Crippen LogP contribution in [-0.4, -0.2) is 33.7 Å². The van der Waals surface area contributed by atoms with Crippen molar-refractivity contribution in [2.75, 3.05) is 13.1 Å². The van der Waals surface area contributed by atoms with Gasteiger partial charge in [-0.05, 0) is 49.7 Å². The molecule has 5 heteroatoms. The van der Waals surface area contributed by atoms with Crippen molar-refractivity contribution >= 4 is 5.97 Å². The van der Waals surface area contributed by atoms with E-state index >= 15 is 0 Å². The first-order valence-corrected chi connectivity index (χ1v) is 7.16. The number of aromatic nitrogens is 2. The Bertz CT molecular complexity index is 640. The number of nitrogens with one attached hydrogen (secondary N) is 1.